The van der Waals surface area contributed by atoms with Crippen LogP contribution in [0.2, 0.25) is 0 Å². The van der Waals surface area contributed by atoms with Gasteiger partial charge in [-0.1, -0.05) is 48.5 Å². The van der Waals surface area contributed by atoms with E-state index in [-0.39, 0.29) is 17.5 Å². The third-order valence-corrected chi connectivity index (χ3v) is 10.4. The van der Waals surface area contributed by atoms with Gasteiger partial charge in [-0.15, -0.1) is 0 Å². The lowest BCUT2D eigenvalue weighted by molar-refractivity contribution is 0.0744. The number of rotatable bonds is 8. The van der Waals surface area contributed by atoms with Crippen LogP contribution in [-0.2, 0) is 6.42 Å². The highest BCUT2D eigenvalue weighted by atomic mass is 16.5. The van der Waals surface area contributed by atoms with E-state index in [4.69, 9.17) is 28.4 Å². The number of Topliss-reactive ketones (excluding diaryl/α,β-unsaturated/α-hetero) is 2. The second kappa shape index (κ2) is 11.1. The average molecular weight is 621 g/mol. The van der Waals surface area contributed by atoms with Gasteiger partial charge in [0.15, 0.2) is 34.6 Å². The molecule has 1 spiro atoms. The lowest BCUT2D eigenvalue weighted by Crippen LogP contribution is -2.38. The monoisotopic (exact) mass is 620 g/mol. The Morgan fingerprint density at radius 2 is 1.02 bits per heavy atom. The summed E-state index contributed by atoms with van der Waals surface area (Å²) in [5.74, 6) is 1.03. The molecule has 0 amide bonds. The van der Waals surface area contributed by atoms with E-state index < -0.39 is 23.2 Å². The highest BCUT2D eigenvalue weighted by molar-refractivity contribution is 6.11. The number of ketones is 2. The fourth-order valence-electron chi connectivity index (χ4n) is 8.74. The summed E-state index contributed by atoms with van der Waals surface area (Å²) in [6.07, 6.45) is 0.451. The maximum Gasteiger partial charge on any atom is 0.203 e. The van der Waals surface area contributed by atoms with E-state index in [0.717, 1.165) is 22.3 Å². The molecule has 0 N–H and O–H groups in total. The standard InChI is InChI=1S/C38H36O8/c1-41-26-15-21(16-27(42-2)35(26)45-5)32-30-24-13-9-10-14-25(24)34(39)31(30)33(22-17-28(43-3)36(46-6)29(18-22)44-4)38(32)19-20-11-7-8-12-23(20)37(38)40/h7-18,30-33H,19H2,1-6H3/t30?,31?,32?,33?,38-/m1/s1. The Bertz CT molecular complexity index is 1830. The number of methoxy groups -OCH3 is 6. The van der Waals surface area contributed by atoms with Gasteiger partial charge >= 0.3 is 0 Å². The van der Waals surface area contributed by atoms with Gasteiger partial charge in [0, 0.05) is 34.8 Å². The Labute approximate surface area is 268 Å². The van der Waals surface area contributed by atoms with Crippen LogP contribution < -0.4 is 28.4 Å². The molecule has 3 aliphatic rings. The Morgan fingerprint density at radius 3 is 1.50 bits per heavy atom. The molecule has 3 aliphatic carbocycles. The van der Waals surface area contributed by atoms with Crippen molar-refractivity contribution in [2.75, 3.05) is 42.7 Å². The highest BCUT2D eigenvalue weighted by Gasteiger charge is 2.70. The van der Waals surface area contributed by atoms with Gasteiger partial charge in [0.2, 0.25) is 11.5 Å². The van der Waals surface area contributed by atoms with Crippen LogP contribution in [-0.4, -0.2) is 54.2 Å². The zero-order valence-corrected chi connectivity index (χ0v) is 26.7. The molecule has 46 heavy (non-hydrogen) atoms. The molecular weight excluding hydrogens is 584 g/mol. The van der Waals surface area contributed by atoms with Gasteiger partial charge in [-0.05, 0) is 52.9 Å². The molecule has 1 saturated carbocycles. The van der Waals surface area contributed by atoms with E-state index in [1.54, 1.807) is 42.7 Å². The van der Waals surface area contributed by atoms with Crippen molar-refractivity contribution < 1.29 is 38.0 Å². The van der Waals surface area contributed by atoms with Crippen molar-refractivity contribution in [3.63, 3.8) is 0 Å². The topological polar surface area (TPSA) is 89.5 Å². The van der Waals surface area contributed by atoms with Crippen LogP contribution in [0.25, 0.3) is 0 Å². The molecule has 8 nitrogen and oxygen atoms in total. The van der Waals surface area contributed by atoms with E-state index >= 15 is 4.79 Å². The Hall–Kier alpha value is -4.98. The molecule has 0 radical (unpaired) electrons. The number of carbonyl (C=O) groups excluding carboxylic acids is 2. The molecule has 4 unspecified atom stereocenters. The maximum absolute atomic E-state index is 15.2. The van der Waals surface area contributed by atoms with Crippen LogP contribution in [0.15, 0.2) is 72.8 Å². The summed E-state index contributed by atoms with van der Waals surface area (Å²) in [6, 6.07) is 23.2. The molecule has 0 aromatic heterocycles. The maximum atomic E-state index is 15.2. The first-order valence-electron chi connectivity index (χ1n) is 15.2. The molecular formula is C38H36O8. The zero-order valence-electron chi connectivity index (χ0n) is 26.7. The molecule has 0 bridgehead atoms. The molecule has 236 valence electrons. The summed E-state index contributed by atoms with van der Waals surface area (Å²) >= 11 is 0. The predicted molar refractivity (Wildman–Crippen MR) is 172 cm³/mol. The van der Waals surface area contributed by atoms with E-state index in [0.29, 0.717) is 52.0 Å². The normalized spacial score (nSPS) is 24.0. The smallest absolute Gasteiger partial charge is 0.203 e. The van der Waals surface area contributed by atoms with Crippen LogP contribution in [0.1, 0.15) is 60.7 Å². The van der Waals surface area contributed by atoms with Crippen LogP contribution in [0.3, 0.4) is 0 Å². The van der Waals surface area contributed by atoms with Gasteiger partial charge in [-0.2, -0.15) is 0 Å². The van der Waals surface area contributed by atoms with Crippen molar-refractivity contribution in [1.29, 1.82) is 0 Å². The minimum Gasteiger partial charge on any atom is -0.493 e. The first-order valence-corrected chi connectivity index (χ1v) is 15.2. The minimum atomic E-state index is -1.04. The van der Waals surface area contributed by atoms with Crippen LogP contribution >= 0.6 is 0 Å². The van der Waals surface area contributed by atoms with Gasteiger partial charge in [-0.3, -0.25) is 9.59 Å². The summed E-state index contributed by atoms with van der Waals surface area (Å²) in [5.41, 5.74) is 3.84. The SMILES string of the molecule is COc1cc(C2C3C(=O)c4ccccc4C3C(c3cc(OC)c(OC)c(OC)c3)[C@]23Cc2ccccc2C3=O)cc(OC)c1OC. The fourth-order valence-corrected chi connectivity index (χ4v) is 8.74. The van der Waals surface area contributed by atoms with Gasteiger partial charge in [0.1, 0.15) is 0 Å². The van der Waals surface area contributed by atoms with Crippen LogP contribution in [0.4, 0.5) is 0 Å². The number of hydrogen-bond acceptors (Lipinski definition) is 8. The van der Waals surface area contributed by atoms with Crippen molar-refractivity contribution in [3.05, 3.63) is 106 Å². The minimum absolute atomic E-state index is 0.0142. The Balaban J connectivity index is 1.59. The summed E-state index contributed by atoms with van der Waals surface area (Å²) < 4.78 is 34.6. The summed E-state index contributed by atoms with van der Waals surface area (Å²) in [5, 5.41) is 0. The van der Waals surface area contributed by atoms with Gasteiger partial charge in [0.05, 0.1) is 48.1 Å². The summed E-state index contributed by atoms with van der Waals surface area (Å²) in [7, 11) is 9.43. The number of hydrogen-bond donors (Lipinski definition) is 0. The molecule has 0 saturated heterocycles. The Morgan fingerprint density at radius 1 is 0.565 bits per heavy atom. The molecule has 4 aromatic carbocycles. The number of fused-ring (bicyclic) bond motifs is 4. The summed E-state index contributed by atoms with van der Waals surface area (Å²) in [4.78, 5) is 29.9. The van der Waals surface area contributed by atoms with Crippen molar-refractivity contribution in [2.45, 2.75) is 24.2 Å². The second-order valence-corrected chi connectivity index (χ2v) is 12.1. The van der Waals surface area contributed by atoms with Gasteiger partial charge < -0.3 is 28.4 Å². The number of benzene rings is 4. The van der Waals surface area contributed by atoms with Crippen molar-refractivity contribution >= 4 is 11.6 Å². The largest absolute Gasteiger partial charge is 0.493 e. The van der Waals surface area contributed by atoms with Gasteiger partial charge in [-0.25, -0.2) is 0 Å². The van der Waals surface area contributed by atoms with Crippen LogP contribution in [0.5, 0.6) is 34.5 Å². The lowest BCUT2D eigenvalue weighted by Gasteiger charge is -2.38. The number of ether oxygens (including phenoxy) is 6. The van der Waals surface area contributed by atoms with Gasteiger partial charge in [0.25, 0.3) is 0 Å². The highest BCUT2D eigenvalue weighted by Crippen LogP contribution is 2.73. The first-order chi connectivity index (χ1) is 22.4. The molecule has 8 heteroatoms. The quantitative estimate of drug-likeness (QED) is 0.217. The third-order valence-electron chi connectivity index (χ3n) is 10.4. The van der Waals surface area contributed by atoms with E-state index in [1.165, 1.54) is 0 Å². The first kappa shape index (κ1) is 29.7. The molecule has 0 heterocycles. The Kier molecular flexibility index (Phi) is 7.18. The zero-order chi connectivity index (χ0) is 32.3. The van der Waals surface area contributed by atoms with E-state index in [2.05, 4.69) is 0 Å². The molecule has 1 fully saturated rings. The van der Waals surface area contributed by atoms with Crippen molar-refractivity contribution in [3.8, 4) is 34.5 Å². The third kappa shape index (κ3) is 3.92. The lowest BCUT2D eigenvalue weighted by atomic mass is 9.62. The second-order valence-electron chi connectivity index (χ2n) is 12.1. The molecule has 5 atom stereocenters. The van der Waals surface area contributed by atoms with E-state index in [1.807, 2.05) is 72.8 Å². The molecule has 0 aliphatic heterocycles. The van der Waals surface area contributed by atoms with Crippen molar-refractivity contribution in [2.24, 2.45) is 11.3 Å². The average Bonchev–Trinajstić information content (AvgIpc) is 3.67. The fraction of sp³-hybridized carbons (Fsp3) is 0.316. The van der Waals surface area contributed by atoms with E-state index in [9.17, 15) is 4.79 Å². The molecule has 4 aromatic rings. The van der Waals surface area contributed by atoms with Crippen LogP contribution in [0, 0.1) is 11.3 Å². The molecule has 7 rings (SSSR count). The summed E-state index contributed by atoms with van der Waals surface area (Å²) in [6.45, 7) is 0. The predicted octanol–water partition coefficient (Wildman–Crippen LogP) is 6.64. The number of carbonyl (C=O) groups is 2. The van der Waals surface area contributed by atoms with Crippen molar-refractivity contribution in [1.82, 2.24) is 0 Å².